The van der Waals surface area contributed by atoms with Crippen molar-refractivity contribution in [3.05, 3.63) is 77.0 Å². The molecule has 22 heavy (non-hydrogen) atoms. The molecule has 0 unspecified atom stereocenters. The molecule has 0 amide bonds. The number of benzene rings is 2. The summed E-state index contributed by atoms with van der Waals surface area (Å²) in [5.41, 5.74) is 4.87. The third-order valence-electron chi connectivity index (χ3n) is 3.96. The van der Waals surface area contributed by atoms with E-state index in [9.17, 15) is 4.79 Å². The van der Waals surface area contributed by atoms with Crippen LogP contribution in [0.1, 0.15) is 27.0 Å². The molecule has 1 aliphatic carbocycles. The van der Waals surface area contributed by atoms with Crippen LogP contribution in [-0.4, -0.2) is 25.9 Å². The van der Waals surface area contributed by atoms with E-state index in [1.165, 1.54) is 5.56 Å². The van der Waals surface area contributed by atoms with E-state index in [-0.39, 0.29) is 5.78 Å². The number of hydrogen-bond acceptors (Lipinski definition) is 3. The summed E-state index contributed by atoms with van der Waals surface area (Å²) in [5.74, 6) is 0.0949. The fraction of sp³-hybridized carbons (Fsp3) is 0.211. The molecule has 0 bridgehead atoms. The first-order valence-electron chi connectivity index (χ1n) is 7.60. The lowest BCUT2D eigenvalue weighted by molar-refractivity contribution is 0.105. The second-order valence-electron chi connectivity index (χ2n) is 5.44. The zero-order valence-corrected chi connectivity index (χ0v) is 12.7. The monoisotopic (exact) mass is 292 g/mol. The van der Waals surface area contributed by atoms with Gasteiger partial charge in [0.2, 0.25) is 0 Å². The molecule has 2 N–H and O–H groups in total. The Morgan fingerprint density at radius 1 is 0.955 bits per heavy atom. The third kappa shape index (κ3) is 2.81. The Morgan fingerprint density at radius 2 is 1.59 bits per heavy atom. The van der Waals surface area contributed by atoms with E-state index in [0.29, 0.717) is 0 Å². The van der Waals surface area contributed by atoms with Gasteiger partial charge in [0, 0.05) is 30.4 Å². The van der Waals surface area contributed by atoms with Crippen LogP contribution in [0.15, 0.2) is 54.7 Å². The smallest absolute Gasteiger partial charge is 0.195 e. The molecule has 0 saturated carbocycles. The lowest BCUT2D eigenvalue weighted by atomic mass is 9.97. The Bertz CT molecular complexity index is 719. The molecular weight excluding hydrogens is 272 g/mol. The molecule has 2 aromatic rings. The summed E-state index contributed by atoms with van der Waals surface area (Å²) in [6.45, 7) is 1.65. The van der Waals surface area contributed by atoms with Gasteiger partial charge in [-0.3, -0.25) is 4.79 Å². The van der Waals surface area contributed by atoms with Crippen molar-refractivity contribution in [1.29, 1.82) is 0 Å². The minimum atomic E-state index is 0.0949. The second kappa shape index (κ2) is 6.58. The first kappa shape index (κ1) is 14.5. The molecule has 2 aromatic carbocycles. The van der Waals surface area contributed by atoms with E-state index in [1.807, 2.05) is 55.7 Å². The van der Waals surface area contributed by atoms with Crippen molar-refractivity contribution >= 4 is 11.4 Å². The normalized spacial score (nSPS) is 15.1. The van der Waals surface area contributed by atoms with Gasteiger partial charge >= 0.3 is 0 Å². The van der Waals surface area contributed by atoms with Gasteiger partial charge in [-0.05, 0) is 30.2 Å². The first-order chi connectivity index (χ1) is 10.8. The highest BCUT2D eigenvalue weighted by molar-refractivity contribution is 6.30. The first-order valence-corrected chi connectivity index (χ1v) is 7.60. The fourth-order valence-electron chi connectivity index (χ4n) is 2.82. The molecular formula is C19H20N2O. The summed E-state index contributed by atoms with van der Waals surface area (Å²) in [6.07, 6.45) is 2.66. The number of hydrogen-bond donors (Lipinski definition) is 2. The van der Waals surface area contributed by atoms with Crippen molar-refractivity contribution in [2.75, 3.05) is 20.1 Å². The fourth-order valence-corrected chi connectivity index (χ4v) is 2.82. The van der Waals surface area contributed by atoms with Crippen molar-refractivity contribution < 1.29 is 4.79 Å². The van der Waals surface area contributed by atoms with E-state index in [0.717, 1.165) is 41.8 Å². The van der Waals surface area contributed by atoms with Crippen molar-refractivity contribution in [1.82, 2.24) is 10.6 Å². The van der Waals surface area contributed by atoms with E-state index < -0.39 is 0 Å². The molecule has 0 aromatic heterocycles. The Kier molecular flexibility index (Phi) is 4.35. The van der Waals surface area contributed by atoms with Crippen molar-refractivity contribution in [2.45, 2.75) is 6.42 Å². The van der Waals surface area contributed by atoms with E-state index in [4.69, 9.17) is 0 Å². The standard InChI is InChI=1S/C19H20N2O/c1-20-10-11-21-13-18-16-8-4-2-6-14(16)12-15-7-3-5-9-17(15)19(18)22/h2-9,13,20-21H,10-12H2,1H3/b18-13+. The Balaban J connectivity index is 2.05. The molecule has 0 saturated heterocycles. The molecule has 3 heteroatoms. The molecule has 0 aliphatic heterocycles. The molecule has 0 radical (unpaired) electrons. The summed E-state index contributed by atoms with van der Waals surface area (Å²) in [4.78, 5) is 12.9. The van der Waals surface area contributed by atoms with Crippen molar-refractivity contribution in [3.8, 4) is 0 Å². The highest BCUT2D eigenvalue weighted by atomic mass is 16.1. The summed E-state index contributed by atoms with van der Waals surface area (Å²) < 4.78 is 0. The zero-order chi connectivity index (χ0) is 15.4. The van der Waals surface area contributed by atoms with Crippen LogP contribution in [-0.2, 0) is 6.42 Å². The van der Waals surface area contributed by atoms with Crippen LogP contribution in [0.2, 0.25) is 0 Å². The van der Waals surface area contributed by atoms with Gasteiger partial charge in [0.15, 0.2) is 5.78 Å². The van der Waals surface area contributed by atoms with Gasteiger partial charge in [-0.15, -0.1) is 0 Å². The number of carbonyl (C=O) groups is 1. The van der Waals surface area contributed by atoms with Crippen LogP contribution in [0.5, 0.6) is 0 Å². The van der Waals surface area contributed by atoms with Crippen LogP contribution in [0.25, 0.3) is 5.57 Å². The topological polar surface area (TPSA) is 41.1 Å². The van der Waals surface area contributed by atoms with Crippen LogP contribution in [0.4, 0.5) is 0 Å². The highest BCUT2D eigenvalue weighted by Crippen LogP contribution is 2.30. The molecule has 0 fully saturated rings. The number of fused-ring (bicyclic) bond motifs is 2. The molecule has 0 spiro atoms. The summed E-state index contributed by atoms with van der Waals surface area (Å²) >= 11 is 0. The summed E-state index contributed by atoms with van der Waals surface area (Å²) in [6, 6.07) is 16.0. The minimum absolute atomic E-state index is 0.0949. The van der Waals surface area contributed by atoms with Gasteiger partial charge in [-0.25, -0.2) is 0 Å². The van der Waals surface area contributed by atoms with Gasteiger partial charge in [0.25, 0.3) is 0 Å². The predicted molar refractivity (Wildman–Crippen MR) is 89.9 cm³/mol. The number of carbonyl (C=O) groups excluding carboxylic acids is 1. The van der Waals surface area contributed by atoms with E-state index >= 15 is 0 Å². The number of nitrogens with one attached hydrogen (secondary N) is 2. The predicted octanol–water partition coefficient (Wildman–Crippen LogP) is 2.62. The molecule has 3 nitrogen and oxygen atoms in total. The molecule has 0 atom stereocenters. The van der Waals surface area contributed by atoms with E-state index in [2.05, 4.69) is 16.7 Å². The SMILES string of the molecule is CNCCN/C=C1/C(=O)c2ccccc2Cc2ccccc21. The molecule has 1 aliphatic rings. The number of allylic oxidation sites excluding steroid dienone is 1. The number of rotatable bonds is 4. The van der Waals surface area contributed by atoms with Gasteiger partial charge in [-0.2, -0.15) is 0 Å². The molecule has 0 heterocycles. The molecule has 112 valence electrons. The summed E-state index contributed by atoms with van der Waals surface area (Å²) in [7, 11) is 1.91. The van der Waals surface area contributed by atoms with Crippen LogP contribution in [0.3, 0.4) is 0 Å². The van der Waals surface area contributed by atoms with E-state index in [1.54, 1.807) is 0 Å². The quantitative estimate of drug-likeness (QED) is 0.672. The Morgan fingerprint density at radius 3 is 2.32 bits per heavy atom. The maximum Gasteiger partial charge on any atom is 0.195 e. The van der Waals surface area contributed by atoms with Gasteiger partial charge in [0.1, 0.15) is 0 Å². The highest BCUT2D eigenvalue weighted by Gasteiger charge is 2.23. The van der Waals surface area contributed by atoms with Crippen LogP contribution in [0, 0.1) is 0 Å². The van der Waals surface area contributed by atoms with Crippen LogP contribution >= 0.6 is 0 Å². The minimum Gasteiger partial charge on any atom is -0.389 e. The number of likely N-dealkylation sites (N-methyl/N-ethyl adjacent to an activating group) is 1. The van der Waals surface area contributed by atoms with Gasteiger partial charge in [0.05, 0.1) is 0 Å². The maximum atomic E-state index is 12.9. The number of Topliss-reactive ketones (excluding diaryl/α,β-unsaturated/α-hetero) is 1. The zero-order valence-electron chi connectivity index (χ0n) is 12.7. The summed E-state index contributed by atoms with van der Waals surface area (Å²) in [5, 5.41) is 6.33. The average Bonchev–Trinajstić information content (AvgIpc) is 2.67. The van der Waals surface area contributed by atoms with Crippen LogP contribution < -0.4 is 10.6 Å². The third-order valence-corrected chi connectivity index (χ3v) is 3.96. The Hall–Kier alpha value is -2.39. The van der Waals surface area contributed by atoms with Crippen molar-refractivity contribution in [3.63, 3.8) is 0 Å². The lowest BCUT2D eigenvalue weighted by Crippen LogP contribution is -2.21. The Labute approximate surface area is 131 Å². The van der Waals surface area contributed by atoms with Gasteiger partial charge in [-0.1, -0.05) is 48.5 Å². The largest absolute Gasteiger partial charge is 0.389 e. The number of ketones is 1. The second-order valence-corrected chi connectivity index (χ2v) is 5.44. The maximum absolute atomic E-state index is 12.9. The van der Waals surface area contributed by atoms with Gasteiger partial charge < -0.3 is 10.6 Å². The average molecular weight is 292 g/mol. The van der Waals surface area contributed by atoms with Crippen molar-refractivity contribution in [2.24, 2.45) is 0 Å². The molecule has 3 rings (SSSR count). The lowest BCUT2D eigenvalue weighted by Gasteiger charge is -2.09.